The van der Waals surface area contributed by atoms with Gasteiger partial charge in [-0.05, 0) is 12.1 Å². The van der Waals surface area contributed by atoms with Crippen LogP contribution < -0.4 is 0 Å². The topological polar surface area (TPSA) is 51.2 Å². The smallest absolute Gasteiger partial charge is 0.177 e. The third kappa shape index (κ3) is 3.59. The van der Waals surface area contributed by atoms with Gasteiger partial charge in [-0.2, -0.15) is 0 Å². The Hall–Kier alpha value is -0.680. The highest BCUT2D eigenvalue weighted by atomic mass is 79.9. The summed E-state index contributed by atoms with van der Waals surface area (Å²) in [5, 5.41) is 0. The average Bonchev–Trinajstić information content (AvgIpc) is 2.02. The van der Waals surface area contributed by atoms with Crippen LogP contribution in [0.5, 0.6) is 0 Å². The first-order valence-electron chi connectivity index (χ1n) is 3.85. The molecule has 1 rings (SSSR count). The first-order chi connectivity index (χ1) is 6.38. The lowest BCUT2D eigenvalue weighted by molar-refractivity contribution is 0.102. The zero-order chi connectivity index (χ0) is 10.8. The van der Waals surface area contributed by atoms with Crippen molar-refractivity contribution in [3.63, 3.8) is 0 Å². The minimum Gasteiger partial charge on any atom is -0.293 e. The van der Waals surface area contributed by atoms with Crippen molar-refractivity contribution in [1.82, 2.24) is 0 Å². The molecular weight excluding hydrogens is 268 g/mol. The number of carbonyl (C=O) groups is 1. The number of Topliss-reactive ketones (excluding diaryl/α,β-unsaturated/α-hetero) is 1. The van der Waals surface area contributed by atoms with Crippen molar-refractivity contribution in [1.29, 1.82) is 0 Å². The summed E-state index contributed by atoms with van der Waals surface area (Å²) in [7, 11) is -3.24. The fourth-order valence-corrected chi connectivity index (χ4v) is 1.86. The van der Waals surface area contributed by atoms with Crippen LogP contribution in [0.25, 0.3) is 0 Å². The molecule has 0 unspecified atom stereocenters. The molecule has 1 aromatic carbocycles. The van der Waals surface area contributed by atoms with Crippen molar-refractivity contribution in [2.45, 2.75) is 0 Å². The Balaban J connectivity index is 2.86. The highest BCUT2D eigenvalue weighted by Crippen LogP contribution is 2.11. The Bertz CT molecular complexity index is 434. The van der Waals surface area contributed by atoms with Gasteiger partial charge in [-0.1, -0.05) is 28.1 Å². The Morgan fingerprint density at radius 3 is 2.21 bits per heavy atom. The maximum atomic E-state index is 11.4. The van der Waals surface area contributed by atoms with Crippen LogP contribution in [-0.2, 0) is 9.84 Å². The molecule has 0 heterocycles. The summed E-state index contributed by atoms with van der Waals surface area (Å²) < 4.78 is 22.6. The molecule has 0 atom stereocenters. The van der Waals surface area contributed by atoms with Gasteiger partial charge in [0.2, 0.25) is 0 Å². The first kappa shape index (κ1) is 11.4. The van der Waals surface area contributed by atoms with Gasteiger partial charge in [0.1, 0.15) is 5.75 Å². The van der Waals surface area contributed by atoms with Gasteiger partial charge in [0.05, 0.1) is 0 Å². The molecule has 0 aliphatic rings. The highest BCUT2D eigenvalue weighted by Gasteiger charge is 2.12. The van der Waals surface area contributed by atoms with E-state index in [1.165, 1.54) is 0 Å². The third-order valence-electron chi connectivity index (χ3n) is 1.56. The minimum atomic E-state index is -3.24. The van der Waals surface area contributed by atoms with Gasteiger partial charge in [0, 0.05) is 16.3 Å². The molecule has 0 amide bonds. The van der Waals surface area contributed by atoms with Gasteiger partial charge in [0.15, 0.2) is 15.6 Å². The van der Waals surface area contributed by atoms with Crippen LogP contribution in [0.4, 0.5) is 0 Å². The van der Waals surface area contributed by atoms with Crippen molar-refractivity contribution in [3.8, 4) is 0 Å². The molecule has 14 heavy (non-hydrogen) atoms. The van der Waals surface area contributed by atoms with E-state index in [0.29, 0.717) is 5.56 Å². The van der Waals surface area contributed by atoms with E-state index in [1.54, 1.807) is 24.3 Å². The first-order valence-corrected chi connectivity index (χ1v) is 6.70. The number of hydrogen-bond acceptors (Lipinski definition) is 3. The molecule has 3 nitrogen and oxygen atoms in total. The van der Waals surface area contributed by atoms with Gasteiger partial charge in [-0.15, -0.1) is 0 Å². The number of sulfone groups is 1. The number of carbonyl (C=O) groups excluding carboxylic acids is 1. The number of benzene rings is 1. The summed E-state index contributed by atoms with van der Waals surface area (Å²) in [5.41, 5.74) is 0.415. The van der Waals surface area contributed by atoms with Crippen LogP contribution >= 0.6 is 15.9 Å². The van der Waals surface area contributed by atoms with E-state index < -0.39 is 15.6 Å². The Kier molecular flexibility index (Phi) is 3.44. The number of rotatable bonds is 3. The number of ketones is 1. The molecule has 0 N–H and O–H groups in total. The molecule has 0 aliphatic carbocycles. The van der Waals surface area contributed by atoms with Gasteiger partial charge in [-0.3, -0.25) is 4.79 Å². The van der Waals surface area contributed by atoms with Gasteiger partial charge in [-0.25, -0.2) is 8.42 Å². The summed E-state index contributed by atoms with van der Waals surface area (Å²) in [6.07, 6.45) is 1.05. The van der Waals surface area contributed by atoms with Crippen LogP contribution in [0.2, 0.25) is 0 Å². The molecule has 76 valence electrons. The lowest BCUT2D eigenvalue weighted by Crippen LogP contribution is -2.14. The van der Waals surface area contributed by atoms with E-state index >= 15 is 0 Å². The van der Waals surface area contributed by atoms with Crippen LogP contribution in [0.3, 0.4) is 0 Å². The van der Waals surface area contributed by atoms with E-state index in [1.807, 2.05) is 0 Å². The second kappa shape index (κ2) is 4.23. The minimum absolute atomic E-state index is 0.375. The number of hydrogen-bond donors (Lipinski definition) is 0. The monoisotopic (exact) mass is 276 g/mol. The van der Waals surface area contributed by atoms with Crippen LogP contribution in [0, 0.1) is 0 Å². The molecular formula is C9H9BrO3S. The second-order valence-electron chi connectivity index (χ2n) is 3.00. The van der Waals surface area contributed by atoms with E-state index in [-0.39, 0.29) is 5.78 Å². The Morgan fingerprint density at radius 1 is 1.29 bits per heavy atom. The normalized spacial score (nSPS) is 11.3. The molecule has 0 fully saturated rings. The van der Waals surface area contributed by atoms with Crippen molar-refractivity contribution in [2.24, 2.45) is 0 Å². The zero-order valence-electron chi connectivity index (χ0n) is 7.53. The SMILES string of the molecule is CS(=O)(=O)CC(=O)c1ccc(Br)cc1. The Labute approximate surface area is 91.2 Å². The molecule has 5 heteroatoms. The fraction of sp³-hybridized carbons (Fsp3) is 0.222. The molecule has 0 aliphatic heterocycles. The largest absolute Gasteiger partial charge is 0.293 e. The van der Waals surface area contributed by atoms with E-state index in [0.717, 1.165) is 10.7 Å². The zero-order valence-corrected chi connectivity index (χ0v) is 9.93. The van der Waals surface area contributed by atoms with Crippen molar-refractivity contribution in [2.75, 3.05) is 12.0 Å². The molecule has 0 saturated carbocycles. The van der Waals surface area contributed by atoms with E-state index in [2.05, 4.69) is 15.9 Å². The van der Waals surface area contributed by atoms with Crippen LogP contribution in [0.1, 0.15) is 10.4 Å². The van der Waals surface area contributed by atoms with Crippen molar-refractivity contribution >= 4 is 31.6 Å². The maximum absolute atomic E-state index is 11.4. The molecule has 0 saturated heterocycles. The predicted octanol–water partition coefficient (Wildman–Crippen LogP) is 1.68. The Morgan fingerprint density at radius 2 is 1.79 bits per heavy atom. The number of halogens is 1. The maximum Gasteiger partial charge on any atom is 0.177 e. The van der Waals surface area contributed by atoms with Gasteiger partial charge in [0.25, 0.3) is 0 Å². The molecule has 0 bridgehead atoms. The summed E-state index contributed by atoms with van der Waals surface area (Å²) in [4.78, 5) is 11.4. The highest BCUT2D eigenvalue weighted by molar-refractivity contribution is 9.10. The quantitative estimate of drug-likeness (QED) is 0.790. The van der Waals surface area contributed by atoms with Crippen molar-refractivity contribution in [3.05, 3.63) is 34.3 Å². The molecule has 0 radical (unpaired) electrons. The van der Waals surface area contributed by atoms with Crippen molar-refractivity contribution < 1.29 is 13.2 Å². The summed E-state index contributed by atoms with van der Waals surface area (Å²) in [5.74, 6) is -0.811. The molecule has 0 spiro atoms. The van der Waals surface area contributed by atoms with Crippen LogP contribution in [0.15, 0.2) is 28.7 Å². The van der Waals surface area contributed by atoms with E-state index in [9.17, 15) is 13.2 Å². The molecule has 1 aromatic rings. The second-order valence-corrected chi connectivity index (χ2v) is 6.06. The fourth-order valence-electron chi connectivity index (χ4n) is 0.957. The summed E-state index contributed by atoms with van der Waals surface area (Å²) in [6.45, 7) is 0. The summed E-state index contributed by atoms with van der Waals surface area (Å²) >= 11 is 3.23. The average molecular weight is 277 g/mol. The lowest BCUT2D eigenvalue weighted by Gasteiger charge is -1.99. The molecule has 0 aromatic heterocycles. The summed E-state index contributed by atoms with van der Waals surface area (Å²) in [6, 6.07) is 6.60. The van der Waals surface area contributed by atoms with E-state index in [4.69, 9.17) is 0 Å². The third-order valence-corrected chi connectivity index (χ3v) is 2.87. The standard InChI is InChI=1S/C9H9BrO3S/c1-14(12,13)6-9(11)7-2-4-8(10)5-3-7/h2-5H,6H2,1H3. The predicted molar refractivity (Wildman–Crippen MR) is 58.2 cm³/mol. The van der Waals surface area contributed by atoms with Crippen LogP contribution in [-0.4, -0.2) is 26.2 Å². The van der Waals surface area contributed by atoms with Gasteiger partial charge < -0.3 is 0 Å². The van der Waals surface area contributed by atoms with Gasteiger partial charge >= 0.3 is 0 Å². The lowest BCUT2D eigenvalue weighted by atomic mass is 10.2.